The van der Waals surface area contributed by atoms with Crippen LogP contribution in [-0.4, -0.2) is 11.2 Å². The van der Waals surface area contributed by atoms with Gasteiger partial charge in [0.2, 0.25) is 0 Å². The molecule has 0 atom stereocenters. The predicted molar refractivity (Wildman–Crippen MR) is 96.3 cm³/mol. The molecule has 5 nitrogen and oxygen atoms in total. The van der Waals surface area contributed by atoms with Gasteiger partial charge in [-0.3, -0.25) is 0 Å². The Morgan fingerprint density at radius 2 is 1.92 bits per heavy atom. The summed E-state index contributed by atoms with van der Waals surface area (Å²) in [5, 5.41) is 22.1. The van der Waals surface area contributed by atoms with Crippen molar-refractivity contribution in [1.29, 1.82) is 10.5 Å². The highest BCUT2D eigenvalue weighted by Gasteiger charge is 2.10. The second-order valence-corrected chi connectivity index (χ2v) is 6.75. The van der Waals surface area contributed by atoms with Gasteiger partial charge in [-0.1, -0.05) is 46.9 Å². The first kappa shape index (κ1) is 18.3. The number of halogens is 3. The molecular formula is C15H8Cl3N5S. The molecule has 1 aromatic carbocycles. The minimum atomic E-state index is -0.0424. The van der Waals surface area contributed by atoms with Gasteiger partial charge in [-0.05, 0) is 17.7 Å². The van der Waals surface area contributed by atoms with E-state index in [1.165, 1.54) is 17.6 Å². The molecule has 9 heteroatoms. The van der Waals surface area contributed by atoms with Gasteiger partial charge in [-0.2, -0.15) is 10.5 Å². The molecular weight excluding hydrogens is 389 g/mol. The topological polar surface area (TPSA) is 84.9 Å². The molecule has 0 fully saturated rings. The molecule has 120 valence electrons. The number of aromatic nitrogens is 1. The van der Waals surface area contributed by atoms with E-state index in [-0.39, 0.29) is 23.1 Å². The number of benzene rings is 1. The lowest BCUT2D eigenvalue weighted by Crippen LogP contribution is -2.12. The van der Waals surface area contributed by atoms with Crippen molar-refractivity contribution in [2.45, 2.75) is 6.54 Å². The fraction of sp³-hybridized carbons (Fsp3) is 0.0667. The van der Waals surface area contributed by atoms with Crippen LogP contribution < -0.4 is 5.32 Å². The van der Waals surface area contributed by atoms with Gasteiger partial charge in [0, 0.05) is 11.2 Å². The Balaban J connectivity index is 2.17. The number of allylic oxidation sites excluding steroid dienone is 2. The smallest absolute Gasteiger partial charge is 0.185 e. The van der Waals surface area contributed by atoms with E-state index in [4.69, 9.17) is 34.8 Å². The Morgan fingerprint density at radius 1 is 1.21 bits per heavy atom. The molecule has 0 aliphatic carbocycles. The number of nitrogens with one attached hydrogen (secondary N) is 1. The Morgan fingerprint density at radius 3 is 2.46 bits per heavy atom. The number of aliphatic imine (C=N–C) groups is 1. The summed E-state index contributed by atoms with van der Waals surface area (Å²) < 4.78 is 0.306. The first-order chi connectivity index (χ1) is 11.5. The summed E-state index contributed by atoms with van der Waals surface area (Å²) in [4.78, 5) is 8.58. The Hall–Kier alpha value is -2.09. The molecule has 0 aliphatic rings. The highest BCUT2D eigenvalue weighted by Crippen LogP contribution is 2.26. The standard InChI is InChI=1S/C15H8Cl3N5S/c16-10-3-1-9(2-4-10)7-21-11(5-19)12(6-20)22-8-13-14(17)23-15(18)24-13/h1-4,7,22H,8H2. The van der Waals surface area contributed by atoms with Crippen molar-refractivity contribution in [3.63, 3.8) is 0 Å². The molecule has 2 rings (SSSR count). The zero-order valence-electron chi connectivity index (χ0n) is 11.9. The van der Waals surface area contributed by atoms with E-state index in [1.807, 2.05) is 12.1 Å². The van der Waals surface area contributed by atoms with Crippen LogP contribution >= 0.6 is 46.1 Å². The molecule has 0 bridgehead atoms. The third-order valence-electron chi connectivity index (χ3n) is 2.72. The first-order valence-electron chi connectivity index (χ1n) is 6.42. The summed E-state index contributed by atoms with van der Waals surface area (Å²) in [7, 11) is 0. The van der Waals surface area contributed by atoms with Gasteiger partial charge in [0.25, 0.3) is 0 Å². The molecule has 0 spiro atoms. The summed E-state index contributed by atoms with van der Waals surface area (Å²) in [6.45, 7) is 0.216. The van der Waals surface area contributed by atoms with Crippen LogP contribution in [0.15, 0.2) is 40.7 Å². The number of rotatable bonds is 5. The third kappa shape index (κ3) is 4.95. The summed E-state index contributed by atoms with van der Waals surface area (Å²) in [6, 6.07) is 10.7. The van der Waals surface area contributed by atoms with E-state index in [2.05, 4.69) is 15.3 Å². The van der Waals surface area contributed by atoms with E-state index < -0.39 is 0 Å². The van der Waals surface area contributed by atoms with Crippen molar-refractivity contribution in [3.8, 4) is 12.1 Å². The Kier molecular flexibility index (Phi) is 6.60. The summed E-state index contributed by atoms with van der Waals surface area (Å²) in [5.74, 6) is 0. The minimum Gasteiger partial charge on any atom is -0.369 e. The van der Waals surface area contributed by atoms with Gasteiger partial charge in [0.05, 0.1) is 11.4 Å². The maximum absolute atomic E-state index is 9.23. The molecule has 1 heterocycles. The monoisotopic (exact) mass is 395 g/mol. The van der Waals surface area contributed by atoms with Crippen molar-refractivity contribution >= 4 is 52.4 Å². The quantitative estimate of drug-likeness (QED) is 0.592. The van der Waals surface area contributed by atoms with Crippen LogP contribution in [0.4, 0.5) is 0 Å². The normalized spacial score (nSPS) is 11.7. The average molecular weight is 397 g/mol. The van der Waals surface area contributed by atoms with Gasteiger partial charge < -0.3 is 5.32 Å². The largest absolute Gasteiger partial charge is 0.369 e. The zero-order valence-corrected chi connectivity index (χ0v) is 15.0. The van der Waals surface area contributed by atoms with Crippen molar-refractivity contribution in [2.24, 2.45) is 4.99 Å². The second kappa shape index (κ2) is 8.68. The fourth-order valence-corrected chi connectivity index (χ4v) is 3.06. The zero-order chi connectivity index (χ0) is 17.5. The molecule has 0 saturated carbocycles. The van der Waals surface area contributed by atoms with E-state index in [0.29, 0.717) is 14.4 Å². The van der Waals surface area contributed by atoms with Crippen LogP contribution in [0.2, 0.25) is 14.6 Å². The van der Waals surface area contributed by atoms with E-state index in [0.717, 1.165) is 5.56 Å². The van der Waals surface area contributed by atoms with Crippen LogP contribution in [0.25, 0.3) is 0 Å². The molecule has 1 aromatic heterocycles. The Bertz CT molecular complexity index is 872. The Labute approximate surface area is 157 Å². The number of nitriles is 2. The van der Waals surface area contributed by atoms with E-state index in [9.17, 15) is 10.5 Å². The minimum absolute atomic E-state index is 0.0308. The highest BCUT2D eigenvalue weighted by atomic mass is 35.5. The average Bonchev–Trinajstić information content (AvgIpc) is 2.89. The van der Waals surface area contributed by atoms with Gasteiger partial charge in [0.15, 0.2) is 15.9 Å². The van der Waals surface area contributed by atoms with Crippen molar-refractivity contribution < 1.29 is 0 Å². The lowest BCUT2D eigenvalue weighted by atomic mass is 10.2. The first-order valence-corrected chi connectivity index (χ1v) is 8.37. The van der Waals surface area contributed by atoms with Gasteiger partial charge >= 0.3 is 0 Å². The molecule has 24 heavy (non-hydrogen) atoms. The number of nitrogens with zero attached hydrogens (tertiary/aromatic N) is 4. The third-order valence-corrected chi connectivity index (χ3v) is 4.55. The molecule has 0 unspecified atom stereocenters. The molecule has 0 aliphatic heterocycles. The predicted octanol–water partition coefficient (Wildman–Crippen LogP) is 4.57. The fourth-order valence-electron chi connectivity index (χ4n) is 1.60. The van der Waals surface area contributed by atoms with Crippen molar-refractivity contribution in [2.75, 3.05) is 0 Å². The lowest BCUT2D eigenvalue weighted by molar-refractivity contribution is 0.839. The molecule has 0 amide bonds. The van der Waals surface area contributed by atoms with E-state index >= 15 is 0 Å². The second-order valence-electron chi connectivity index (χ2n) is 4.29. The lowest BCUT2D eigenvalue weighted by Gasteiger charge is -2.03. The van der Waals surface area contributed by atoms with E-state index in [1.54, 1.807) is 24.3 Å². The number of thiazole rings is 1. The number of hydrogen-bond donors (Lipinski definition) is 1. The van der Waals surface area contributed by atoms with Crippen molar-refractivity contribution in [3.05, 3.63) is 60.7 Å². The van der Waals surface area contributed by atoms with Crippen molar-refractivity contribution in [1.82, 2.24) is 10.3 Å². The summed E-state index contributed by atoms with van der Waals surface area (Å²) >= 11 is 18.7. The molecule has 0 radical (unpaired) electrons. The maximum Gasteiger partial charge on any atom is 0.185 e. The molecule has 2 aromatic rings. The molecule has 1 N–H and O–H groups in total. The molecule has 0 saturated heterocycles. The van der Waals surface area contributed by atoms with Crippen LogP contribution in [0.1, 0.15) is 10.4 Å². The summed E-state index contributed by atoms with van der Waals surface area (Å²) in [5.41, 5.74) is 0.740. The van der Waals surface area contributed by atoms with Crippen LogP contribution in [0.5, 0.6) is 0 Å². The highest BCUT2D eigenvalue weighted by molar-refractivity contribution is 7.16. The maximum atomic E-state index is 9.23. The summed E-state index contributed by atoms with van der Waals surface area (Å²) in [6.07, 6.45) is 1.48. The number of hydrogen-bond acceptors (Lipinski definition) is 6. The SMILES string of the molecule is N#CC(N=Cc1ccc(Cl)cc1)=C(C#N)NCc1sc(Cl)nc1Cl. The van der Waals surface area contributed by atoms with Crippen LogP contribution in [-0.2, 0) is 6.54 Å². The van der Waals surface area contributed by atoms with Gasteiger partial charge in [0.1, 0.15) is 17.3 Å². The van der Waals surface area contributed by atoms with Gasteiger partial charge in [-0.25, -0.2) is 9.98 Å². The van der Waals surface area contributed by atoms with Crippen LogP contribution in [0, 0.1) is 22.7 Å². The van der Waals surface area contributed by atoms with Gasteiger partial charge in [-0.15, -0.1) is 11.3 Å². The van der Waals surface area contributed by atoms with Crippen LogP contribution in [0.3, 0.4) is 0 Å².